The number of rotatable bonds is 4. The van der Waals surface area contributed by atoms with Gasteiger partial charge in [-0.05, 0) is 32.0 Å². The Labute approximate surface area is 105 Å². The fourth-order valence-electron chi connectivity index (χ4n) is 1.77. The molecular weight excluding hydrogens is 235 g/mol. The number of hydrogen-bond acceptors (Lipinski definition) is 3. The lowest BCUT2D eigenvalue weighted by Crippen LogP contribution is -2.18. The highest BCUT2D eigenvalue weighted by Crippen LogP contribution is 2.24. The van der Waals surface area contributed by atoms with E-state index in [1.165, 1.54) is 6.07 Å². The molecule has 1 N–H and O–H groups in total. The van der Waals surface area contributed by atoms with Crippen molar-refractivity contribution < 1.29 is 4.39 Å². The summed E-state index contributed by atoms with van der Waals surface area (Å²) < 4.78 is 13.6. The maximum absolute atomic E-state index is 13.6. The van der Waals surface area contributed by atoms with Gasteiger partial charge in [0.25, 0.3) is 0 Å². The van der Waals surface area contributed by atoms with Crippen LogP contribution in [0.15, 0.2) is 30.5 Å². The van der Waals surface area contributed by atoms with Crippen molar-refractivity contribution in [3.05, 3.63) is 51.7 Å². The molecule has 0 saturated heterocycles. The molecule has 2 rings (SSSR count). The number of aryl methyl sites for hydroxylation is 1. The largest absolute Gasteiger partial charge is 0.312 e. The minimum absolute atomic E-state index is 0.123. The van der Waals surface area contributed by atoms with Crippen molar-refractivity contribution >= 4 is 11.3 Å². The summed E-state index contributed by atoms with van der Waals surface area (Å²) in [5.74, 6) is -0.144. The molecule has 1 heterocycles. The number of thiazole rings is 1. The average molecular weight is 250 g/mol. The van der Waals surface area contributed by atoms with Crippen LogP contribution in [0, 0.1) is 12.7 Å². The second kappa shape index (κ2) is 5.38. The van der Waals surface area contributed by atoms with Gasteiger partial charge in [0.05, 0.1) is 5.01 Å². The lowest BCUT2D eigenvalue weighted by atomic mass is 10.0. The normalized spacial score (nSPS) is 12.6. The van der Waals surface area contributed by atoms with Crippen LogP contribution in [0.4, 0.5) is 4.39 Å². The maximum Gasteiger partial charge on any atom is 0.126 e. The van der Waals surface area contributed by atoms with Crippen molar-refractivity contribution in [2.24, 2.45) is 0 Å². The van der Waals surface area contributed by atoms with E-state index in [1.54, 1.807) is 17.4 Å². The van der Waals surface area contributed by atoms with E-state index in [0.29, 0.717) is 6.42 Å². The second-order valence-corrected chi connectivity index (χ2v) is 5.18. The summed E-state index contributed by atoms with van der Waals surface area (Å²) in [5.41, 5.74) is 0.734. The zero-order valence-corrected chi connectivity index (χ0v) is 10.7. The first kappa shape index (κ1) is 12.2. The van der Waals surface area contributed by atoms with Crippen LogP contribution in [0.25, 0.3) is 0 Å². The van der Waals surface area contributed by atoms with Gasteiger partial charge in [0.2, 0.25) is 0 Å². The molecule has 17 heavy (non-hydrogen) atoms. The smallest absolute Gasteiger partial charge is 0.126 e. The van der Waals surface area contributed by atoms with Gasteiger partial charge in [-0.2, -0.15) is 0 Å². The third-order valence-electron chi connectivity index (χ3n) is 2.71. The van der Waals surface area contributed by atoms with Crippen molar-refractivity contribution in [2.45, 2.75) is 19.4 Å². The Morgan fingerprint density at radius 1 is 1.41 bits per heavy atom. The summed E-state index contributed by atoms with van der Waals surface area (Å²) in [6.07, 6.45) is 2.51. The van der Waals surface area contributed by atoms with Crippen LogP contribution >= 0.6 is 11.3 Å². The van der Waals surface area contributed by atoms with Crippen molar-refractivity contribution in [1.82, 2.24) is 10.3 Å². The first-order valence-corrected chi connectivity index (χ1v) is 6.35. The zero-order chi connectivity index (χ0) is 12.3. The number of benzene rings is 1. The molecule has 0 bridgehead atoms. The molecule has 0 aliphatic rings. The lowest BCUT2D eigenvalue weighted by molar-refractivity contribution is 0.559. The summed E-state index contributed by atoms with van der Waals surface area (Å²) >= 11 is 1.65. The molecule has 4 heteroatoms. The van der Waals surface area contributed by atoms with Gasteiger partial charge in [-0.1, -0.05) is 18.2 Å². The minimum Gasteiger partial charge on any atom is -0.312 e. The van der Waals surface area contributed by atoms with E-state index in [1.807, 2.05) is 32.3 Å². The molecule has 0 aliphatic carbocycles. The highest BCUT2D eigenvalue weighted by molar-refractivity contribution is 7.11. The molecule has 0 fully saturated rings. The summed E-state index contributed by atoms with van der Waals surface area (Å²) in [7, 11) is 1.89. The third kappa shape index (κ3) is 2.90. The molecule has 90 valence electrons. The van der Waals surface area contributed by atoms with E-state index in [9.17, 15) is 4.39 Å². The quantitative estimate of drug-likeness (QED) is 0.902. The highest BCUT2D eigenvalue weighted by atomic mass is 32.1. The molecule has 0 saturated carbocycles. The van der Waals surface area contributed by atoms with Crippen LogP contribution < -0.4 is 5.32 Å². The van der Waals surface area contributed by atoms with Crippen molar-refractivity contribution in [2.75, 3.05) is 7.05 Å². The molecule has 2 nitrogen and oxygen atoms in total. The van der Waals surface area contributed by atoms with Gasteiger partial charge < -0.3 is 5.32 Å². The first-order chi connectivity index (χ1) is 8.20. The Morgan fingerprint density at radius 3 is 2.76 bits per heavy atom. The Hall–Kier alpha value is -1.26. The number of nitrogens with zero attached hydrogens (tertiary/aromatic N) is 1. The van der Waals surface area contributed by atoms with Crippen LogP contribution in [-0.4, -0.2) is 12.0 Å². The van der Waals surface area contributed by atoms with E-state index < -0.39 is 0 Å². The monoisotopic (exact) mass is 250 g/mol. The molecule has 0 aliphatic heterocycles. The summed E-state index contributed by atoms with van der Waals surface area (Å²) in [6.45, 7) is 1.98. The van der Waals surface area contributed by atoms with E-state index in [4.69, 9.17) is 0 Å². The predicted octanol–water partition coefficient (Wildman–Crippen LogP) is 3.09. The Balaban J connectivity index is 2.18. The number of likely N-dealkylation sites (N-methyl/N-ethyl adjacent to an activating group) is 1. The summed E-state index contributed by atoms with van der Waals surface area (Å²) in [4.78, 5) is 5.38. The van der Waals surface area contributed by atoms with Crippen LogP contribution in [-0.2, 0) is 6.42 Å². The molecule has 1 aromatic carbocycles. The number of halogens is 1. The van der Waals surface area contributed by atoms with Gasteiger partial charge in [0.15, 0.2) is 0 Å². The summed E-state index contributed by atoms with van der Waals surface area (Å²) in [6, 6.07) is 7.03. The van der Waals surface area contributed by atoms with Gasteiger partial charge in [0, 0.05) is 17.1 Å². The van der Waals surface area contributed by atoms with Gasteiger partial charge in [-0.3, -0.25) is 0 Å². The first-order valence-electron chi connectivity index (χ1n) is 5.53. The molecular formula is C13H15FN2S. The van der Waals surface area contributed by atoms with Crippen LogP contribution in [0.3, 0.4) is 0 Å². The minimum atomic E-state index is -0.144. The van der Waals surface area contributed by atoms with Gasteiger partial charge in [-0.25, -0.2) is 9.37 Å². The second-order valence-electron chi connectivity index (χ2n) is 3.92. The Morgan fingerprint density at radius 2 is 2.18 bits per heavy atom. The van der Waals surface area contributed by atoms with Crippen molar-refractivity contribution in [3.8, 4) is 0 Å². The Kier molecular flexibility index (Phi) is 3.86. The molecule has 1 atom stereocenters. The van der Waals surface area contributed by atoms with E-state index >= 15 is 0 Å². The molecule has 0 spiro atoms. The fraction of sp³-hybridized carbons (Fsp3) is 0.308. The topological polar surface area (TPSA) is 24.9 Å². The SMILES string of the molecule is CNC(Cc1ccccc1F)c1cnc(C)s1. The summed E-state index contributed by atoms with van der Waals surface area (Å²) in [5, 5.41) is 4.25. The molecule has 0 amide bonds. The van der Waals surface area contributed by atoms with Gasteiger partial charge in [0.1, 0.15) is 5.82 Å². The highest BCUT2D eigenvalue weighted by Gasteiger charge is 2.14. The van der Waals surface area contributed by atoms with E-state index in [-0.39, 0.29) is 11.9 Å². The van der Waals surface area contributed by atoms with Gasteiger partial charge in [-0.15, -0.1) is 11.3 Å². The predicted molar refractivity (Wildman–Crippen MR) is 68.8 cm³/mol. The lowest BCUT2D eigenvalue weighted by Gasteiger charge is -2.14. The average Bonchev–Trinajstić information content (AvgIpc) is 2.75. The number of aromatic nitrogens is 1. The number of nitrogens with one attached hydrogen (secondary N) is 1. The van der Waals surface area contributed by atoms with Crippen molar-refractivity contribution in [1.29, 1.82) is 0 Å². The van der Waals surface area contributed by atoms with Crippen molar-refractivity contribution in [3.63, 3.8) is 0 Å². The van der Waals surface area contributed by atoms with Crippen LogP contribution in [0.2, 0.25) is 0 Å². The Bertz CT molecular complexity index is 496. The maximum atomic E-state index is 13.6. The van der Waals surface area contributed by atoms with Crippen LogP contribution in [0.5, 0.6) is 0 Å². The number of hydrogen-bond donors (Lipinski definition) is 1. The standard InChI is InChI=1S/C13H15FN2S/c1-9-16-8-13(17-9)12(15-2)7-10-5-3-4-6-11(10)14/h3-6,8,12,15H,7H2,1-2H3. The van der Waals surface area contributed by atoms with E-state index in [0.717, 1.165) is 15.4 Å². The van der Waals surface area contributed by atoms with Crippen LogP contribution in [0.1, 0.15) is 21.5 Å². The zero-order valence-electron chi connectivity index (χ0n) is 9.90. The fourth-order valence-corrected chi connectivity index (χ4v) is 2.66. The molecule has 1 unspecified atom stereocenters. The van der Waals surface area contributed by atoms with Gasteiger partial charge >= 0.3 is 0 Å². The molecule has 1 aromatic heterocycles. The molecule has 0 radical (unpaired) electrons. The van der Waals surface area contributed by atoms with E-state index in [2.05, 4.69) is 10.3 Å². The third-order valence-corrected chi connectivity index (χ3v) is 3.74. The molecule has 2 aromatic rings.